The molecule has 1 saturated heterocycles. The van der Waals surface area contributed by atoms with Gasteiger partial charge in [-0.25, -0.2) is 0 Å². The Kier molecular flexibility index (Phi) is 5.36. The van der Waals surface area contributed by atoms with Crippen LogP contribution in [0.3, 0.4) is 0 Å². The summed E-state index contributed by atoms with van der Waals surface area (Å²) in [6, 6.07) is 5.86. The summed E-state index contributed by atoms with van der Waals surface area (Å²) in [7, 11) is 0. The van der Waals surface area contributed by atoms with E-state index < -0.39 is 0 Å². The molecule has 1 saturated carbocycles. The third-order valence-corrected chi connectivity index (χ3v) is 6.35. The number of nitrogens with zero attached hydrogens (tertiary/aromatic N) is 1. The average molecular weight is 307 g/mol. The SMILES string of the molecule is CC(C)N1CCC(CNC(c2cccs2)C2CCCC2)C1. The van der Waals surface area contributed by atoms with Crippen molar-refractivity contribution in [3.05, 3.63) is 22.4 Å². The molecule has 1 aliphatic carbocycles. The van der Waals surface area contributed by atoms with Crippen LogP contribution in [0.4, 0.5) is 0 Å². The number of thiophene rings is 1. The highest BCUT2D eigenvalue weighted by Crippen LogP contribution is 2.37. The molecule has 0 spiro atoms. The molecule has 3 rings (SSSR count). The van der Waals surface area contributed by atoms with Gasteiger partial charge in [0.05, 0.1) is 0 Å². The number of likely N-dealkylation sites (tertiary alicyclic amines) is 1. The zero-order chi connectivity index (χ0) is 14.7. The largest absolute Gasteiger partial charge is 0.309 e. The first-order valence-corrected chi connectivity index (χ1v) is 9.63. The molecule has 1 aromatic rings. The maximum absolute atomic E-state index is 3.95. The zero-order valence-electron chi connectivity index (χ0n) is 13.6. The topological polar surface area (TPSA) is 15.3 Å². The van der Waals surface area contributed by atoms with Crippen LogP contribution in [0.1, 0.15) is 56.9 Å². The van der Waals surface area contributed by atoms with Crippen LogP contribution in [-0.2, 0) is 0 Å². The summed E-state index contributed by atoms with van der Waals surface area (Å²) in [5.41, 5.74) is 0. The summed E-state index contributed by atoms with van der Waals surface area (Å²) < 4.78 is 0. The average Bonchev–Trinajstić information content (AvgIpc) is 3.22. The Morgan fingerprint density at radius 1 is 1.29 bits per heavy atom. The van der Waals surface area contributed by atoms with Gasteiger partial charge in [-0.1, -0.05) is 18.9 Å². The van der Waals surface area contributed by atoms with Gasteiger partial charge >= 0.3 is 0 Å². The van der Waals surface area contributed by atoms with Gasteiger partial charge in [-0.2, -0.15) is 0 Å². The van der Waals surface area contributed by atoms with Crippen LogP contribution in [0.15, 0.2) is 17.5 Å². The summed E-state index contributed by atoms with van der Waals surface area (Å²) in [5, 5.41) is 6.18. The molecule has 0 amide bonds. The lowest BCUT2D eigenvalue weighted by atomic mass is 9.96. The number of hydrogen-bond acceptors (Lipinski definition) is 3. The molecule has 2 unspecified atom stereocenters. The predicted molar refractivity (Wildman–Crippen MR) is 91.8 cm³/mol. The third-order valence-electron chi connectivity index (χ3n) is 5.39. The van der Waals surface area contributed by atoms with E-state index in [1.165, 1.54) is 51.7 Å². The van der Waals surface area contributed by atoms with Crippen LogP contribution < -0.4 is 5.32 Å². The smallest absolute Gasteiger partial charge is 0.0443 e. The summed E-state index contributed by atoms with van der Waals surface area (Å²) in [6.07, 6.45) is 7.06. The molecule has 0 aromatic carbocycles. The standard InChI is InChI=1S/C18H30N2S/c1-14(2)20-10-9-15(13-20)12-19-18(16-6-3-4-7-16)17-8-5-11-21-17/h5,8,11,14-16,18-19H,3-4,6-7,9-10,12-13H2,1-2H3. The molecule has 0 bridgehead atoms. The molecule has 3 heteroatoms. The molecular weight excluding hydrogens is 276 g/mol. The van der Waals surface area contributed by atoms with Crippen LogP contribution in [0.5, 0.6) is 0 Å². The second kappa shape index (κ2) is 7.26. The minimum absolute atomic E-state index is 0.612. The molecule has 1 aliphatic heterocycles. The van der Waals surface area contributed by atoms with Crippen molar-refractivity contribution in [2.45, 2.75) is 58.0 Å². The van der Waals surface area contributed by atoms with E-state index in [2.05, 4.69) is 41.6 Å². The fourth-order valence-electron chi connectivity index (χ4n) is 4.05. The van der Waals surface area contributed by atoms with Crippen LogP contribution in [0, 0.1) is 11.8 Å². The van der Waals surface area contributed by atoms with Crippen LogP contribution in [0.2, 0.25) is 0 Å². The van der Waals surface area contributed by atoms with E-state index >= 15 is 0 Å². The van der Waals surface area contributed by atoms with Gasteiger partial charge in [0.15, 0.2) is 0 Å². The van der Waals surface area contributed by atoms with E-state index in [-0.39, 0.29) is 0 Å². The summed E-state index contributed by atoms with van der Waals surface area (Å²) in [5.74, 6) is 1.71. The van der Waals surface area contributed by atoms with Gasteiger partial charge in [0.25, 0.3) is 0 Å². The first kappa shape index (κ1) is 15.5. The molecule has 21 heavy (non-hydrogen) atoms. The van der Waals surface area contributed by atoms with E-state index in [1.807, 2.05) is 11.3 Å². The van der Waals surface area contributed by atoms with Crippen LogP contribution >= 0.6 is 11.3 Å². The van der Waals surface area contributed by atoms with Crippen molar-refractivity contribution in [2.75, 3.05) is 19.6 Å². The molecule has 118 valence electrons. The fraction of sp³-hybridized carbons (Fsp3) is 0.778. The monoisotopic (exact) mass is 306 g/mol. The molecule has 2 atom stereocenters. The van der Waals surface area contributed by atoms with Gasteiger partial charge in [-0.05, 0) is 69.5 Å². The lowest BCUT2D eigenvalue weighted by Crippen LogP contribution is -2.33. The van der Waals surface area contributed by atoms with E-state index in [0.29, 0.717) is 12.1 Å². The Hall–Kier alpha value is -0.380. The second-order valence-electron chi connectivity index (χ2n) is 7.19. The van der Waals surface area contributed by atoms with Gasteiger partial charge in [0, 0.05) is 23.5 Å². The molecule has 2 nitrogen and oxygen atoms in total. The highest BCUT2D eigenvalue weighted by Gasteiger charge is 2.29. The van der Waals surface area contributed by atoms with Crippen molar-refractivity contribution in [3.8, 4) is 0 Å². The Morgan fingerprint density at radius 2 is 2.10 bits per heavy atom. The Bertz CT molecular complexity index is 409. The molecule has 2 fully saturated rings. The minimum atomic E-state index is 0.612. The Labute approximate surface area is 133 Å². The highest BCUT2D eigenvalue weighted by atomic mass is 32.1. The molecule has 1 aromatic heterocycles. The third kappa shape index (κ3) is 3.88. The number of nitrogens with one attached hydrogen (secondary N) is 1. The lowest BCUT2D eigenvalue weighted by Gasteiger charge is -2.26. The fourth-order valence-corrected chi connectivity index (χ4v) is 4.94. The second-order valence-corrected chi connectivity index (χ2v) is 8.17. The zero-order valence-corrected chi connectivity index (χ0v) is 14.4. The number of hydrogen-bond donors (Lipinski definition) is 1. The van der Waals surface area contributed by atoms with Gasteiger partial charge in [0.1, 0.15) is 0 Å². The van der Waals surface area contributed by atoms with E-state index in [9.17, 15) is 0 Å². The van der Waals surface area contributed by atoms with Gasteiger partial charge in [-0.3, -0.25) is 0 Å². The molecule has 1 N–H and O–H groups in total. The maximum atomic E-state index is 3.95. The van der Waals surface area contributed by atoms with Gasteiger partial charge in [-0.15, -0.1) is 11.3 Å². The predicted octanol–water partition coefficient (Wildman–Crippen LogP) is 4.30. The summed E-state index contributed by atoms with van der Waals surface area (Å²) >= 11 is 1.93. The van der Waals surface area contributed by atoms with Crippen molar-refractivity contribution in [3.63, 3.8) is 0 Å². The van der Waals surface area contributed by atoms with Crippen molar-refractivity contribution in [1.82, 2.24) is 10.2 Å². The van der Waals surface area contributed by atoms with Crippen LogP contribution in [0.25, 0.3) is 0 Å². The summed E-state index contributed by atoms with van der Waals surface area (Å²) in [4.78, 5) is 4.18. The first-order valence-electron chi connectivity index (χ1n) is 8.75. The Balaban J connectivity index is 1.55. The van der Waals surface area contributed by atoms with Crippen molar-refractivity contribution in [1.29, 1.82) is 0 Å². The van der Waals surface area contributed by atoms with Gasteiger partial charge < -0.3 is 10.2 Å². The quantitative estimate of drug-likeness (QED) is 0.843. The molecular formula is C18H30N2S. The van der Waals surface area contributed by atoms with E-state index in [4.69, 9.17) is 0 Å². The first-order chi connectivity index (χ1) is 10.2. The molecule has 0 radical (unpaired) electrons. The number of rotatable bonds is 6. The van der Waals surface area contributed by atoms with E-state index in [1.54, 1.807) is 4.88 Å². The lowest BCUT2D eigenvalue weighted by molar-refractivity contribution is 0.259. The van der Waals surface area contributed by atoms with Crippen LogP contribution in [-0.4, -0.2) is 30.6 Å². The highest BCUT2D eigenvalue weighted by molar-refractivity contribution is 7.10. The van der Waals surface area contributed by atoms with Crippen molar-refractivity contribution < 1.29 is 0 Å². The molecule has 2 aliphatic rings. The Morgan fingerprint density at radius 3 is 2.71 bits per heavy atom. The van der Waals surface area contributed by atoms with Crippen molar-refractivity contribution >= 4 is 11.3 Å². The van der Waals surface area contributed by atoms with E-state index in [0.717, 1.165) is 11.8 Å². The minimum Gasteiger partial charge on any atom is -0.309 e. The maximum Gasteiger partial charge on any atom is 0.0443 e. The summed E-state index contributed by atoms with van der Waals surface area (Å²) in [6.45, 7) is 8.41. The van der Waals surface area contributed by atoms with Crippen molar-refractivity contribution in [2.24, 2.45) is 11.8 Å². The van der Waals surface area contributed by atoms with Gasteiger partial charge in [0.2, 0.25) is 0 Å². The molecule has 2 heterocycles. The normalized spacial score (nSPS) is 26.0.